The Morgan fingerprint density at radius 2 is 0.955 bits per heavy atom. The van der Waals surface area contributed by atoms with Crippen LogP contribution in [0.5, 0.6) is 0 Å². The van der Waals surface area contributed by atoms with Crippen molar-refractivity contribution in [3.05, 3.63) is 71.8 Å². The molecule has 4 heteroatoms. The number of rotatable bonds is 2. The van der Waals surface area contributed by atoms with Crippen molar-refractivity contribution in [2.45, 2.75) is 25.0 Å². The Hall–Kier alpha value is -2.62. The van der Waals surface area contributed by atoms with E-state index in [1.807, 2.05) is 60.7 Å². The zero-order valence-corrected chi connectivity index (χ0v) is 12.4. The van der Waals surface area contributed by atoms with Crippen molar-refractivity contribution in [1.29, 1.82) is 0 Å². The Kier molecular flexibility index (Phi) is 3.24. The molecule has 1 aliphatic rings. The zero-order chi connectivity index (χ0) is 15.8. The summed E-state index contributed by atoms with van der Waals surface area (Å²) in [6, 6.07) is 18.6. The molecule has 1 heterocycles. The van der Waals surface area contributed by atoms with E-state index in [0.717, 1.165) is 11.1 Å². The Morgan fingerprint density at radius 1 is 0.636 bits per heavy atom. The molecule has 1 aliphatic heterocycles. The lowest BCUT2D eigenvalue weighted by atomic mass is 9.74. The van der Waals surface area contributed by atoms with Crippen LogP contribution in [0.25, 0.3) is 0 Å². The fourth-order valence-electron chi connectivity index (χ4n) is 2.83. The molecule has 2 aromatic carbocycles. The number of ether oxygens (including phenoxy) is 2. The smallest absolute Gasteiger partial charge is 0.418 e. The maximum atomic E-state index is 11.8. The number of carbonyl (C=O) groups is 2. The molecule has 0 aromatic heterocycles. The van der Waals surface area contributed by atoms with Crippen molar-refractivity contribution >= 4 is 11.9 Å². The van der Waals surface area contributed by atoms with E-state index in [4.69, 9.17) is 9.47 Å². The molecule has 0 aliphatic carbocycles. The van der Waals surface area contributed by atoms with E-state index in [0.29, 0.717) is 0 Å². The lowest BCUT2D eigenvalue weighted by Crippen LogP contribution is -2.56. The summed E-state index contributed by atoms with van der Waals surface area (Å²) in [6.45, 7) is 3.53. The average Bonchev–Trinajstić information content (AvgIpc) is 2.55. The van der Waals surface area contributed by atoms with Crippen LogP contribution in [0, 0.1) is 0 Å². The summed E-state index contributed by atoms with van der Waals surface area (Å²) in [5, 5.41) is 0. The zero-order valence-electron chi connectivity index (χ0n) is 12.4. The van der Waals surface area contributed by atoms with E-state index in [1.165, 1.54) is 0 Å². The largest absolute Gasteiger partial charge is 0.441 e. The predicted octanol–water partition coefficient (Wildman–Crippen LogP) is 2.92. The lowest BCUT2D eigenvalue weighted by Gasteiger charge is -2.47. The average molecular weight is 296 g/mol. The van der Waals surface area contributed by atoms with Gasteiger partial charge in [0.2, 0.25) is 0 Å². The Balaban J connectivity index is 2.20. The third kappa shape index (κ3) is 1.99. The quantitative estimate of drug-likeness (QED) is 0.631. The molecule has 0 spiro atoms. The van der Waals surface area contributed by atoms with Crippen molar-refractivity contribution in [2.24, 2.45) is 0 Å². The van der Waals surface area contributed by atoms with Crippen LogP contribution in [0.4, 0.5) is 0 Å². The Bertz CT molecular complexity index is 647. The van der Waals surface area contributed by atoms with E-state index in [9.17, 15) is 9.59 Å². The second kappa shape index (κ2) is 4.98. The molecule has 1 saturated heterocycles. The van der Waals surface area contributed by atoms with Crippen LogP contribution in [0.2, 0.25) is 0 Å². The van der Waals surface area contributed by atoms with Crippen molar-refractivity contribution in [1.82, 2.24) is 0 Å². The molecular weight excluding hydrogens is 280 g/mol. The second-order valence-electron chi connectivity index (χ2n) is 5.58. The minimum absolute atomic E-state index is 0.766. The van der Waals surface area contributed by atoms with Crippen LogP contribution < -0.4 is 0 Å². The van der Waals surface area contributed by atoms with Crippen LogP contribution in [-0.2, 0) is 30.3 Å². The summed E-state index contributed by atoms with van der Waals surface area (Å²) >= 11 is 0. The molecule has 2 aromatic rings. The summed E-state index contributed by atoms with van der Waals surface area (Å²) in [6.07, 6.45) is 0. The SMILES string of the molecule is C[C@]1(c2ccccc2)OC(=O)C(=O)O[C@]1(C)c1ccccc1. The third-order valence-electron chi connectivity index (χ3n) is 4.32. The van der Waals surface area contributed by atoms with Crippen molar-refractivity contribution in [2.75, 3.05) is 0 Å². The molecule has 0 N–H and O–H groups in total. The van der Waals surface area contributed by atoms with Crippen molar-refractivity contribution < 1.29 is 19.1 Å². The topological polar surface area (TPSA) is 52.6 Å². The molecule has 0 saturated carbocycles. The molecular formula is C18H16O4. The maximum absolute atomic E-state index is 11.8. The van der Waals surface area contributed by atoms with Crippen LogP contribution in [0.1, 0.15) is 25.0 Å². The highest BCUT2D eigenvalue weighted by atomic mass is 16.7. The monoisotopic (exact) mass is 296 g/mol. The van der Waals surface area contributed by atoms with Gasteiger partial charge in [0.25, 0.3) is 0 Å². The van der Waals surface area contributed by atoms with Gasteiger partial charge in [0.15, 0.2) is 11.2 Å². The first-order chi connectivity index (χ1) is 10.5. The summed E-state index contributed by atoms with van der Waals surface area (Å²) in [7, 11) is 0. The van der Waals surface area contributed by atoms with Crippen LogP contribution in [-0.4, -0.2) is 11.9 Å². The number of benzene rings is 2. The van der Waals surface area contributed by atoms with Gasteiger partial charge < -0.3 is 9.47 Å². The molecule has 1 fully saturated rings. The first-order valence-corrected chi connectivity index (χ1v) is 7.05. The van der Waals surface area contributed by atoms with Gasteiger partial charge >= 0.3 is 11.9 Å². The van der Waals surface area contributed by atoms with Gasteiger partial charge in [-0.05, 0) is 25.0 Å². The van der Waals surface area contributed by atoms with Gasteiger partial charge in [-0.3, -0.25) is 0 Å². The van der Waals surface area contributed by atoms with Gasteiger partial charge in [0, 0.05) is 0 Å². The molecule has 3 rings (SSSR count). The number of hydrogen-bond donors (Lipinski definition) is 0. The van der Waals surface area contributed by atoms with E-state index in [-0.39, 0.29) is 0 Å². The fraction of sp³-hybridized carbons (Fsp3) is 0.222. The lowest BCUT2D eigenvalue weighted by molar-refractivity contribution is -0.241. The van der Waals surface area contributed by atoms with Gasteiger partial charge in [-0.2, -0.15) is 0 Å². The number of hydrogen-bond acceptors (Lipinski definition) is 4. The van der Waals surface area contributed by atoms with Gasteiger partial charge in [-0.25, -0.2) is 9.59 Å². The molecule has 0 radical (unpaired) electrons. The highest BCUT2D eigenvalue weighted by Gasteiger charge is 2.58. The van der Waals surface area contributed by atoms with E-state index < -0.39 is 23.1 Å². The number of cyclic esters (lactones) is 2. The minimum atomic E-state index is -1.11. The molecule has 0 unspecified atom stereocenters. The van der Waals surface area contributed by atoms with Gasteiger partial charge in [0.1, 0.15) is 0 Å². The van der Waals surface area contributed by atoms with Crippen molar-refractivity contribution in [3.8, 4) is 0 Å². The first kappa shape index (κ1) is 14.3. The molecule has 112 valence electrons. The Morgan fingerprint density at radius 3 is 1.27 bits per heavy atom. The van der Waals surface area contributed by atoms with E-state index >= 15 is 0 Å². The highest BCUT2D eigenvalue weighted by molar-refractivity contribution is 6.30. The molecule has 22 heavy (non-hydrogen) atoms. The fourth-order valence-corrected chi connectivity index (χ4v) is 2.83. The standard InChI is InChI=1S/C18H16O4/c1-17(13-9-5-3-6-10-13)18(2,14-11-7-4-8-12-14)22-16(20)15(19)21-17/h3-12H,1-2H3/t17-,18-/m1/s1. The van der Waals surface area contributed by atoms with E-state index in [2.05, 4.69) is 0 Å². The molecule has 0 bridgehead atoms. The summed E-state index contributed by atoms with van der Waals surface area (Å²) in [5.74, 6) is -1.94. The van der Waals surface area contributed by atoms with E-state index in [1.54, 1.807) is 13.8 Å². The number of esters is 2. The van der Waals surface area contributed by atoms with Gasteiger partial charge in [-0.15, -0.1) is 0 Å². The van der Waals surface area contributed by atoms with Gasteiger partial charge in [-0.1, -0.05) is 60.7 Å². The summed E-state index contributed by atoms with van der Waals surface area (Å²) < 4.78 is 11.1. The van der Waals surface area contributed by atoms with Crippen molar-refractivity contribution in [3.63, 3.8) is 0 Å². The first-order valence-electron chi connectivity index (χ1n) is 7.05. The predicted molar refractivity (Wildman–Crippen MR) is 79.8 cm³/mol. The maximum Gasteiger partial charge on any atom is 0.418 e. The van der Waals surface area contributed by atoms with Crippen LogP contribution in [0.3, 0.4) is 0 Å². The molecule has 0 amide bonds. The second-order valence-corrected chi connectivity index (χ2v) is 5.58. The third-order valence-corrected chi connectivity index (χ3v) is 4.32. The molecule has 4 nitrogen and oxygen atoms in total. The summed E-state index contributed by atoms with van der Waals surface area (Å²) in [5.41, 5.74) is -0.689. The number of carbonyl (C=O) groups excluding carboxylic acids is 2. The normalized spacial score (nSPS) is 27.9. The van der Waals surface area contributed by atoms with Gasteiger partial charge in [0.05, 0.1) is 0 Å². The summed E-state index contributed by atoms with van der Waals surface area (Å²) in [4.78, 5) is 23.6. The highest BCUT2D eigenvalue weighted by Crippen LogP contribution is 2.48. The minimum Gasteiger partial charge on any atom is -0.441 e. The molecule has 2 atom stereocenters. The van der Waals surface area contributed by atoms with Crippen LogP contribution in [0.15, 0.2) is 60.7 Å². The Labute approximate surface area is 128 Å². The van der Waals surface area contributed by atoms with Crippen LogP contribution >= 0.6 is 0 Å².